The van der Waals surface area contributed by atoms with Gasteiger partial charge in [0.15, 0.2) is 0 Å². The number of amides is 1. The van der Waals surface area contributed by atoms with Crippen molar-refractivity contribution < 1.29 is 14.0 Å². The van der Waals surface area contributed by atoms with Gasteiger partial charge < -0.3 is 10.2 Å². The standard InChI is InChI=1S/C19H14ClFN2O3/c20-14-6-8-16(9-7-14)22-18(24)17-5-2-10-23(19(17)25)26-12-13-3-1-4-15(21)11-13/h1-11H,12H2,(H,22,24). The van der Waals surface area contributed by atoms with Gasteiger partial charge in [0.1, 0.15) is 18.0 Å². The Morgan fingerprint density at radius 2 is 1.88 bits per heavy atom. The highest BCUT2D eigenvalue weighted by Gasteiger charge is 2.13. The highest BCUT2D eigenvalue weighted by Crippen LogP contribution is 2.14. The summed E-state index contributed by atoms with van der Waals surface area (Å²) < 4.78 is 14.1. The zero-order valence-electron chi connectivity index (χ0n) is 13.5. The second-order valence-electron chi connectivity index (χ2n) is 5.42. The van der Waals surface area contributed by atoms with E-state index in [9.17, 15) is 14.0 Å². The predicted octanol–water partition coefficient (Wildman–Crippen LogP) is 3.52. The lowest BCUT2D eigenvalue weighted by Crippen LogP contribution is -2.32. The average Bonchev–Trinajstić information content (AvgIpc) is 2.63. The van der Waals surface area contributed by atoms with Crippen molar-refractivity contribution >= 4 is 23.2 Å². The number of nitrogens with zero attached hydrogens (tertiary/aromatic N) is 1. The van der Waals surface area contributed by atoms with Gasteiger partial charge in [-0.25, -0.2) is 4.39 Å². The van der Waals surface area contributed by atoms with E-state index in [0.29, 0.717) is 16.3 Å². The molecular weight excluding hydrogens is 359 g/mol. The van der Waals surface area contributed by atoms with Crippen molar-refractivity contribution in [3.8, 4) is 0 Å². The van der Waals surface area contributed by atoms with Gasteiger partial charge in [0.2, 0.25) is 0 Å². The van der Waals surface area contributed by atoms with E-state index in [-0.39, 0.29) is 12.2 Å². The van der Waals surface area contributed by atoms with Crippen LogP contribution in [-0.4, -0.2) is 10.6 Å². The molecule has 2 aromatic carbocycles. The predicted molar refractivity (Wildman–Crippen MR) is 96.8 cm³/mol. The van der Waals surface area contributed by atoms with Crippen molar-refractivity contribution in [1.82, 2.24) is 4.73 Å². The molecule has 1 heterocycles. The summed E-state index contributed by atoms with van der Waals surface area (Å²) in [6.07, 6.45) is 1.39. The number of pyridine rings is 1. The Morgan fingerprint density at radius 1 is 1.12 bits per heavy atom. The van der Waals surface area contributed by atoms with Crippen LogP contribution in [0.15, 0.2) is 71.7 Å². The van der Waals surface area contributed by atoms with Gasteiger partial charge in [0.25, 0.3) is 11.5 Å². The maximum absolute atomic E-state index is 13.2. The topological polar surface area (TPSA) is 60.3 Å². The Hall–Kier alpha value is -3.12. The van der Waals surface area contributed by atoms with E-state index in [1.54, 1.807) is 36.4 Å². The van der Waals surface area contributed by atoms with Crippen LogP contribution in [0.3, 0.4) is 0 Å². The second kappa shape index (κ2) is 7.84. The number of aromatic nitrogens is 1. The van der Waals surface area contributed by atoms with Gasteiger partial charge in [-0.1, -0.05) is 23.7 Å². The van der Waals surface area contributed by atoms with Crippen molar-refractivity contribution in [3.63, 3.8) is 0 Å². The van der Waals surface area contributed by atoms with E-state index in [0.717, 1.165) is 4.73 Å². The molecule has 132 valence electrons. The summed E-state index contributed by atoms with van der Waals surface area (Å²) in [7, 11) is 0. The van der Waals surface area contributed by atoms with Crippen molar-refractivity contribution in [1.29, 1.82) is 0 Å². The first-order valence-corrected chi connectivity index (χ1v) is 8.07. The molecule has 0 atom stereocenters. The number of rotatable bonds is 5. The van der Waals surface area contributed by atoms with Gasteiger partial charge >= 0.3 is 0 Å². The molecule has 1 amide bonds. The number of hydrogen-bond donors (Lipinski definition) is 1. The van der Waals surface area contributed by atoms with Gasteiger partial charge in [0.05, 0.1) is 0 Å². The molecule has 0 aliphatic carbocycles. The lowest BCUT2D eigenvalue weighted by molar-refractivity contribution is 0.0862. The lowest BCUT2D eigenvalue weighted by Gasteiger charge is -2.10. The number of nitrogens with one attached hydrogen (secondary N) is 1. The molecule has 0 aliphatic heterocycles. The molecule has 0 saturated carbocycles. The Kier molecular flexibility index (Phi) is 5.34. The first-order valence-electron chi connectivity index (χ1n) is 7.69. The summed E-state index contributed by atoms with van der Waals surface area (Å²) in [5.74, 6) is -0.962. The third-order valence-corrected chi connectivity index (χ3v) is 3.77. The fraction of sp³-hybridized carbons (Fsp3) is 0.0526. The molecule has 3 rings (SSSR count). The molecule has 0 saturated heterocycles. The Morgan fingerprint density at radius 3 is 2.62 bits per heavy atom. The number of carbonyl (C=O) groups is 1. The van der Waals surface area contributed by atoms with E-state index in [4.69, 9.17) is 16.4 Å². The minimum atomic E-state index is -0.615. The van der Waals surface area contributed by atoms with Crippen molar-refractivity contribution in [3.05, 3.63) is 99.2 Å². The second-order valence-corrected chi connectivity index (χ2v) is 5.85. The molecule has 0 unspecified atom stereocenters. The highest BCUT2D eigenvalue weighted by atomic mass is 35.5. The molecule has 7 heteroatoms. The van der Waals surface area contributed by atoms with E-state index >= 15 is 0 Å². The van der Waals surface area contributed by atoms with Crippen LogP contribution in [0.2, 0.25) is 5.02 Å². The third-order valence-electron chi connectivity index (χ3n) is 3.52. The summed E-state index contributed by atoms with van der Waals surface area (Å²) >= 11 is 5.80. The number of hydrogen-bond acceptors (Lipinski definition) is 3. The minimum Gasteiger partial charge on any atom is -0.406 e. The molecule has 3 aromatic rings. The summed E-state index contributed by atoms with van der Waals surface area (Å²) in [6.45, 7) is -0.0140. The highest BCUT2D eigenvalue weighted by molar-refractivity contribution is 6.30. The Labute approximate surface area is 153 Å². The van der Waals surface area contributed by atoms with Crippen molar-refractivity contribution in [2.75, 3.05) is 5.32 Å². The molecule has 0 aliphatic rings. The SMILES string of the molecule is O=C(Nc1ccc(Cl)cc1)c1cccn(OCc2cccc(F)c2)c1=O. The van der Waals surface area contributed by atoms with Crippen LogP contribution in [0.25, 0.3) is 0 Å². The fourth-order valence-electron chi connectivity index (χ4n) is 2.25. The number of halogens is 2. The van der Waals surface area contributed by atoms with E-state index in [1.807, 2.05) is 0 Å². The molecule has 0 fully saturated rings. The monoisotopic (exact) mass is 372 g/mol. The van der Waals surface area contributed by atoms with Crippen LogP contribution in [-0.2, 0) is 6.61 Å². The largest absolute Gasteiger partial charge is 0.406 e. The van der Waals surface area contributed by atoms with Crippen molar-refractivity contribution in [2.24, 2.45) is 0 Å². The van der Waals surface area contributed by atoms with Crippen LogP contribution in [0.4, 0.5) is 10.1 Å². The normalized spacial score (nSPS) is 10.4. The minimum absolute atomic E-state index is 0.0140. The van der Waals surface area contributed by atoms with Crippen LogP contribution in [0.5, 0.6) is 0 Å². The molecule has 26 heavy (non-hydrogen) atoms. The Bertz CT molecular complexity index is 987. The Balaban J connectivity index is 1.75. The molecule has 5 nitrogen and oxygen atoms in total. The number of carbonyl (C=O) groups excluding carboxylic acids is 1. The van der Waals surface area contributed by atoms with Gasteiger partial charge in [-0.05, 0) is 54.1 Å². The number of anilines is 1. The van der Waals surface area contributed by atoms with Crippen LogP contribution < -0.4 is 15.7 Å². The third kappa shape index (κ3) is 4.29. The van der Waals surface area contributed by atoms with Crippen LogP contribution in [0, 0.1) is 5.82 Å². The smallest absolute Gasteiger partial charge is 0.295 e. The van der Waals surface area contributed by atoms with Crippen LogP contribution in [0.1, 0.15) is 15.9 Å². The van der Waals surface area contributed by atoms with Gasteiger partial charge in [-0.15, -0.1) is 0 Å². The zero-order chi connectivity index (χ0) is 18.5. The van der Waals surface area contributed by atoms with Gasteiger partial charge in [-0.3, -0.25) is 9.59 Å². The summed E-state index contributed by atoms with van der Waals surface area (Å²) in [5.41, 5.74) is 0.375. The average molecular weight is 373 g/mol. The first-order chi connectivity index (χ1) is 12.5. The lowest BCUT2D eigenvalue weighted by atomic mass is 10.2. The maximum Gasteiger partial charge on any atom is 0.295 e. The fourth-order valence-corrected chi connectivity index (χ4v) is 2.38. The van der Waals surface area contributed by atoms with Crippen LogP contribution >= 0.6 is 11.6 Å². The van der Waals surface area contributed by atoms with Gasteiger partial charge in [-0.2, -0.15) is 4.73 Å². The number of benzene rings is 2. The van der Waals surface area contributed by atoms with Gasteiger partial charge in [0, 0.05) is 16.9 Å². The quantitative estimate of drug-likeness (QED) is 0.745. The summed E-state index contributed by atoms with van der Waals surface area (Å²) in [4.78, 5) is 30.1. The van der Waals surface area contributed by atoms with E-state index in [2.05, 4.69) is 5.32 Å². The van der Waals surface area contributed by atoms with Crippen molar-refractivity contribution in [2.45, 2.75) is 6.61 Å². The molecule has 0 bridgehead atoms. The summed E-state index contributed by atoms with van der Waals surface area (Å²) in [6, 6.07) is 15.3. The van der Waals surface area contributed by atoms with E-state index in [1.165, 1.54) is 30.5 Å². The summed E-state index contributed by atoms with van der Waals surface area (Å²) in [5, 5.41) is 3.16. The van der Waals surface area contributed by atoms with E-state index < -0.39 is 17.3 Å². The first kappa shape index (κ1) is 17.7. The molecule has 0 spiro atoms. The zero-order valence-corrected chi connectivity index (χ0v) is 14.2. The molecule has 1 N–H and O–H groups in total. The molecular formula is C19H14ClFN2O3. The molecule has 0 radical (unpaired) electrons. The molecule has 1 aromatic heterocycles. The maximum atomic E-state index is 13.2.